The lowest BCUT2D eigenvalue weighted by molar-refractivity contribution is 0.0730. The molecule has 0 bridgehead atoms. The largest absolute Gasteiger partial charge is 0.493 e. The second kappa shape index (κ2) is 8.53. The summed E-state index contributed by atoms with van der Waals surface area (Å²) in [5.41, 5.74) is 0.944. The number of hydrogen-bond donors (Lipinski definition) is 0. The highest BCUT2D eigenvalue weighted by Crippen LogP contribution is 2.23. The number of morpholine rings is 1. The quantitative estimate of drug-likeness (QED) is 0.742. The number of hydrogen-bond acceptors (Lipinski definition) is 5. The molecule has 0 unspecified atom stereocenters. The molecule has 1 heterocycles. The van der Waals surface area contributed by atoms with Crippen LogP contribution in [0.25, 0.3) is 0 Å². The van der Waals surface area contributed by atoms with E-state index in [0.717, 1.165) is 11.3 Å². The molecule has 0 amide bonds. The number of ether oxygens (including phenoxy) is 3. The third-order valence-electron chi connectivity index (χ3n) is 4.10. The van der Waals surface area contributed by atoms with Crippen molar-refractivity contribution in [3.63, 3.8) is 0 Å². The number of benzene rings is 2. The molecule has 0 aliphatic carbocycles. The summed E-state index contributed by atoms with van der Waals surface area (Å²) in [5.74, 6) is 1.40. The van der Waals surface area contributed by atoms with Gasteiger partial charge in [0.25, 0.3) is 0 Å². The third-order valence-corrected chi connectivity index (χ3v) is 6.01. The zero-order valence-electron chi connectivity index (χ0n) is 14.8. The van der Waals surface area contributed by atoms with Crippen molar-refractivity contribution in [2.75, 3.05) is 32.9 Å². The zero-order chi connectivity index (χ0) is 18.4. The maximum absolute atomic E-state index is 12.6. The average molecular weight is 377 g/mol. The second-order valence-electron chi connectivity index (χ2n) is 5.82. The summed E-state index contributed by atoms with van der Waals surface area (Å²) in [6, 6.07) is 14.2. The minimum atomic E-state index is -3.48. The number of nitrogens with zero attached hydrogens (tertiary/aromatic N) is 1. The van der Waals surface area contributed by atoms with Crippen molar-refractivity contribution in [2.24, 2.45) is 0 Å². The molecule has 0 N–H and O–H groups in total. The molecule has 0 spiro atoms. The highest BCUT2D eigenvalue weighted by molar-refractivity contribution is 7.89. The van der Waals surface area contributed by atoms with Gasteiger partial charge in [-0.3, -0.25) is 0 Å². The first-order chi connectivity index (χ1) is 12.6. The van der Waals surface area contributed by atoms with Crippen LogP contribution in [0.15, 0.2) is 53.4 Å². The zero-order valence-corrected chi connectivity index (χ0v) is 15.6. The van der Waals surface area contributed by atoms with Gasteiger partial charge >= 0.3 is 0 Å². The fraction of sp³-hybridized carbons (Fsp3) is 0.368. The van der Waals surface area contributed by atoms with Gasteiger partial charge in [0.2, 0.25) is 10.0 Å². The van der Waals surface area contributed by atoms with Crippen LogP contribution < -0.4 is 9.47 Å². The van der Waals surface area contributed by atoms with Crippen LogP contribution in [0, 0.1) is 0 Å². The van der Waals surface area contributed by atoms with Gasteiger partial charge in [0, 0.05) is 18.7 Å². The van der Waals surface area contributed by atoms with E-state index in [1.54, 1.807) is 24.3 Å². The molecule has 1 aliphatic rings. The van der Waals surface area contributed by atoms with E-state index in [2.05, 4.69) is 0 Å². The Morgan fingerprint density at radius 3 is 2.38 bits per heavy atom. The Bertz CT molecular complexity index is 814. The molecule has 1 saturated heterocycles. The Kier molecular flexibility index (Phi) is 6.13. The van der Waals surface area contributed by atoms with Gasteiger partial charge in [-0.2, -0.15) is 4.31 Å². The number of sulfonamides is 1. The van der Waals surface area contributed by atoms with Gasteiger partial charge in [0.15, 0.2) is 0 Å². The molecule has 7 heteroatoms. The topological polar surface area (TPSA) is 65.1 Å². The fourth-order valence-corrected chi connectivity index (χ4v) is 4.13. The number of rotatable bonds is 7. The van der Waals surface area contributed by atoms with Crippen molar-refractivity contribution in [1.29, 1.82) is 0 Å². The first-order valence-electron chi connectivity index (χ1n) is 8.62. The van der Waals surface area contributed by atoms with Crippen molar-refractivity contribution in [1.82, 2.24) is 4.31 Å². The van der Waals surface area contributed by atoms with E-state index in [9.17, 15) is 8.42 Å². The molecule has 6 nitrogen and oxygen atoms in total. The molecule has 140 valence electrons. The van der Waals surface area contributed by atoms with E-state index in [1.807, 2.05) is 31.2 Å². The lowest BCUT2D eigenvalue weighted by Crippen LogP contribution is -2.40. The lowest BCUT2D eigenvalue weighted by atomic mass is 10.2. The Balaban J connectivity index is 1.66. The standard InChI is InChI=1S/C19H23NO5S/c1-2-24-19-6-4-3-5-16(19)15-25-17-7-9-18(10-8-17)26(21,22)20-11-13-23-14-12-20/h3-10H,2,11-15H2,1H3. The molecular weight excluding hydrogens is 354 g/mol. The van der Waals surface area contributed by atoms with Crippen LogP contribution in [0.1, 0.15) is 12.5 Å². The summed E-state index contributed by atoms with van der Waals surface area (Å²) in [4.78, 5) is 0.265. The third kappa shape index (κ3) is 4.35. The Hall–Kier alpha value is -2.09. The lowest BCUT2D eigenvalue weighted by Gasteiger charge is -2.26. The van der Waals surface area contributed by atoms with Gasteiger partial charge in [-0.05, 0) is 37.3 Å². The first-order valence-corrected chi connectivity index (χ1v) is 10.1. The Morgan fingerprint density at radius 2 is 1.69 bits per heavy atom. The fourth-order valence-electron chi connectivity index (χ4n) is 2.72. The van der Waals surface area contributed by atoms with Crippen LogP contribution in [0.5, 0.6) is 11.5 Å². The first kappa shape index (κ1) is 18.7. The minimum absolute atomic E-state index is 0.265. The van der Waals surface area contributed by atoms with Gasteiger partial charge < -0.3 is 14.2 Å². The smallest absolute Gasteiger partial charge is 0.243 e. The molecule has 26 heavy (non-hydrogen) atoms. The van der Waals surface area contributed by atoms with E-state index in [-0.39, 0.29) is 4.90 Å². The van der Waals surface area contributed by atoms with Crippen LogP contribution >= 0.6 is 0 Å². The maximum atomic E-state index is 12.6. The van der Waals surface area contributed by atoms with Crippen LogP contribution in [0.2, 0.25) is 0 Å². The van der Waals surface area contributed by atoms with Crippen LogP contribution in [-0.2, 0) is 21.4 Å². The highest BCUT2D eigenvalue weighted by Gasteiger charge is 2.26. The summed E-state index contributed by atoms with van der Waals surface area (Å²) < 4.78 is 43.2. The van der Waals surface area contributed by atoms with Crippen LogP contribution in [-0.4, -0.2) is 45.6 Å². The van der Waals surface area contributed by atoms with Crippen molar-refractivity contribution in [2.45, 2.75) is 18.4 Å². The maximum Gasteiger partial charge on any atom is 0.243 e. The number of para-hydroxylation sites is 1. The van der Waals surface area contributed by atoms with E-state index in [0.29, 0.717) is 45.3 Å². The monoisotopic (exact) mass is 377 g/mol. The van der Waals surface area contributed by atoms with Gasteiger partial charge in [0.1, 0.15) is 18.1 Å². The van der Waals surface area contributed by atoms with Crippen LogP contribution in [0.3, 0.4) is 0 Å². The van der Waals surface area contributed by atoms with Gasteiger partial charge in [-0.25, -0.2) is 8.42 Å². The summed E-state index contributed by atoms with van der Waals surface area (Å²) in [6.07, 6.45) is 0. The summed E-state index contributed by atoms with van der Waals surface area (Å²) in [5, 5.41) is 0. The predicted molar refractivity (Wildman–Crippen MR) is 98.0 cm³/mol. The molecule has 1 aliphatic heterocycles. The van der Waals surface area contributed by atoms with Crippen molar-refractivity contribution < 1.29 is 22.6 Å². The molecular formula is C19H23NO5S. The van der Waals surface area contributed by atoms with Gasteiger partial charge in [-0.15, -0.1) is 0 Å². The van der Waals surface area contributed by atoms with Crippen molar-refractivity contribution >= 4 is 10.0 Å². The minimum Gasteiger partial charge on any atom is -0.493 e. The predicted octanol–water partition coefficient (Wildman–Crippen LogP) is 2.69. The molecule has 1 fully saturated rings. The molecule has 2 aromatic rings. The summed E-state index contributed by atoms with van der Waals surface area (Å²) in [7, 11) is -3.48. The summed E-state index contributed by atoms with van der Waals surface area (Å²) >= 11 is 0. The van der Waals surface area contributed by atoms with Crippen LogP contribution in [0.4, 0.5) is 0 Å². The molecule has 0 aromatic heterocycles. The molecule has 0 saturated carbocycles. The molecule has 0 atom stereocenters. The SMILES string of the molecule is CCOc1ccccc1COc1ccc(S(=O)(=O)N2CCOCC2)cc1. The van der Waals surface area contributed by atoms with Crippen molar-refractivity contribution in [3.8, 4) is 11.5 Å². The van der Waals surface area contributed by atoms with Gasteiger partial charge in [0.05, 0.1) is 24.7 Å². The van der Waals surface area contributed by atoms with Crippen molar-refractivity contribution in [3.05, 3.63) is 54.1 Å². The second-order valence-corrected chi connectivity index (χ2v) is 7.76. The van der Waals surface area contributed by atoms with E-state index in [4.69, 9.17) is 14.2 Å². The van der Waals surface area contributed by atoms with E-state index >= 15 is 0 Å². The summed E-state index contributed by atoms with van der Waals surface area (Å²) in [6.45, 7) is 4.50. The average Bonchev–Trinajstić information content (AvgIpc) is 2.68. The molecule has 0 radical (unpaired) electrons. The highest BCUT2D eigenvalue weighted by atomic mass is 32.2. The normalized spacial score (nSPS) is 15.6. The van der Waals surface area contributed by atoms with Gasteiger partial charge in [-0.1, -0.05) is 18.2 Å². The Labute approximate surface area is 154 Å². The molecule has 3 rings (SSSR count). The van der Waals surface area contributed by atoms with E-state index < -0.39 is 10.0 Å². The van der Waals surface area contributed by atoms with E-state index in [1.165, 1.54) is 4.31 Å². The molecule has 2 aromatic carbocycles. The Morgan fingerprint density at radius 1 is 1.00 bits per heavy atom.